The van der Waals surface area contributed by atoms with E-state index >= 15 is 0 Å². The first kappa shape index (κ1) is 40.6. The summed E-state index contributed by atoms with van der Waals surface area (Å²) < 4.78 is 60.1. The average molecular weight is 625 g/mol. The fourth-order valence-electron chi connectivity index (χ4n) is 4.21. The highest BCUT2D eigenvalue weighted by Gasteiger charge is 2.13. The SMILES string of the molecule is COCCOCCOCCOCCOCCOCCOCCOCCOCCCCCCCCCCOC1CCCCO1. The van der Waals surface area contributed by atoms with E-state index in [1.807, 2.05) is 0 Å². The maximum Gasteiger partial charge on any atom is 0.157 e. The second-order valence-corrected chi connectivity index (χ2v) is 10.4. The molecule has 11 heteroatoms. The largest absolute Gasteiger partial charge is 0.382 e. The van der Waals surface area contributed by atoms with Crippen LogP contribution in [0.15, 0.2) is 0 Å². The fourth-order valence-corrected chi connectivity index (χ4v) is 4.21. The van der Waals surface area contributed by atoms with Gasteiger partial charge >= 0.3 is 0 Å². The Hall–Kier alpha value is -0.440. The highest BCUT2D eigenvalue weighted by molar-refractivity contribution is 4.54. The van der Waals surface area contributed by atoms with Crippen LogP contribution in [0.4, 0.5) is 0 Å². The molecule has 0 bridgehead atoms. The Kier molecular flexibility index (Phi) is 34.0. The first-order valence-corrected chi connectivity index (χ1v) is 16.8. The minimum Gasteiger partial charge on any atom is -0.382 e. The Morgan fingerprint density at radius 3 is 1.12 bits per heavy atom. The zero-order valence-corrected chi connectivity index (χ0v) is 27.3. The summed E-state index contributed by atoms with van der Waals surface area (Å²) in [6, 6.07) is 0. The van der Waals surface area contributed by atoms with Gasteiger partial charge in [-0.3, -0.25) is 0 Å². The topological polar surface area (TPSA) is 102 Å². The van der Waals surface area contributed by atoms with E-state index in [0.29, 0.717) is 106 Å². The van der Waals surface area contributed by atoms with Crippen LogP contribution >= 0.6 is 0 Å². The summed E-state index contributed by atoms with van der Waals surface area (Å²) in [5.41, 5.74) is 0. The van der Waals surface area contributed by atoms with E-state index in [0.717, 1.165) is 39.1 Å². The Morgan fingerprint density at radius 2 is 0.744 bits per heavy atom. The van der Waals surface area contributed by atoms with Gasteiger partial charge in [0.2, 0.25) is 0 Å². The van der Waals surface area contributed by atoms with Crippen molar-refractivity contribution in [2.24, 2.45) is 0 Å². The number of rotatable bonds is 36. The van der Waals surface area contributed by atoms with Crippen molar-refractivity contribution in [3.05, 3.63) is 0 Å². The van der Waals surface area contributed by atoms with Crippen molar-refractivity contribution in [2.45, 2.75) is 76.9 Å². The average Bonchev–Trinajstić information content (AvgIpc) is 3.03. The lowest BCUT2D eigenvalue weighted by molar-refractivity contribution is -0.162. The van der Waals surface area contributed by atoms with Crippen LogP contribution in [-0.2, 0) is 52.1 Å². The predicted molar refractivity (Wildman–Crippen MR) is 165 cm³/mol. The number of hydrogen-bond acceptors (Lipinski definition) is 11. The molecule has 1 fully saturated rings. The molecule has 1 saturated heterocycles. The molecule has 0 radical (unpaired) electrons. The third-order valence-electron chi connectivity index (χ3n) is 6.66. The molecule has 43 heavy (non-hydrogen) atoms. The number of methoxy groups -OCH3 is 1. The molecule has 1 unspecified atom stereocenters. The van der Waals surface area contributed by atoms with Crippen molar-refractivity contribution in [1.82, 2.24) is 0 Å². The van der Waals surface area contributed by atoms with Gasteiger partial charge in [0.1, 0.15) is 0 Å². The zero-order chi connectivity index (χ0) is 30.6. The van der Waals surface area contributed by atoms with E-state index in [-0.39, 0.29) is 6.29 Å². The van der Waals surface area contributed by atoms with Crippen LogP contribution in [0, 0.1) is 0 Å². The van der Waals surface area contributed by atoms with Gasteiger partial charge in [-0.1, -0.05) is 38.5 Å². The van der Waals surface area contributed by atoms with Gasteiger partial charge in [-0.15, -0.1) is 0 Å². The van der Waals surface area contributed by atoms with Crippen LogP contribution in [0.25, 0.3) is 0 Å². The summed E-state index contributed by atoms with van der Waals surface area (Å²) in [4.78, 5) is 0. The Morgan fingerprint density at radius 1 is 0.395 bits per heavy atom. The van der Waals surface area contributed by atoms with Crippen LogP contribution in [0.5, 0.6) is 0 Å². The van der Waals surface area contributed by atoms with Gasteiger partial charge < -0.3 is 52.1 Å². The summed E-state index contributed by atoms with van der Waals surface area (Å²) in [7, 11) is 1.65. The lowest BCUT2D eigenvalue weighted by atomic mass is 10.1. The second-order valence-electron chi connectivity index (χ2n) is 10.4. The van der Waals surface area contributed by atoms with Crippen molar-refractivity contribution in [1.29, 1.82) is 0 Å². The summed E-state index contributed by atoms with van der Waals surface area (Å²) in [6.45, 7) is 11.5. The molecule has 0 saturated carbocycles. The van der Waals surface area contributed by atoms with Crippen LogP contribution in [0.3, 0.4) is 0 Å². The van der Waals surface area contributed by atoms with Crippen molar-refractivity contribution >= 4 is 0 Å². The molecular formula is C32H64O11. The molecule has 1 aliphatic rings. The minimum atomic E-state index is 0.0587. The molecule has 0 amide bonds. The van der Waals surface area contributed by atoms with E-state index in [1.54, 1.807) is 7.11 Å². The van der Waals surface area contributed by atoms with Crippen LogP contribution in [0.2, 0.25) is 0 Å². The fraction of sp³-hybridized carbons (Fsp3) is 1.00. The Bertz CT molecular complexity index is 510. The smallest absolute Gasteiger partial charge is 0.157 e. The first-order valence-electron chi connectivity index (χ1n) is 16.8. The summed E-state index contributed by atoms with van der Waals surface area (Å²) in [6.07, 6.45) is 13.5. The van der Waals surface area contributed by atoms with Crippen LogP contribution in [0.1, 0.15) is 70.6 Å². The second kappa shape index (κ2) is 36.0. The lowest BCUT2D eigenvalue weighted by Gasteiger charge is -2.22. The third-order valence-corrected chi connectivity index (χ3v) is 6.66. The van der Waals surface area contributed by atoms with Crippen molar-refractivity contribution < 1.29 is 52.1 Å². The van der Waals surface area contributed by atoms with Gasteiger partial charge in [-0.2, -0.15) is 0 Å². The predicted octanol–water partition coefficient (Wildman–Crippen LogP) is 4.43. The number of unbranched alkanes of at least 4 members (excludes halogenated alkanes) is 7. The molecule has 0 aliphatic carbocycles. The van der Waals surface area contributed by atoms with Gasteiger partial charge in [0.05, 0.1) is 106 Å². The molecule has 0 aromatic heterocycles. The zero-order valence-electron chi connectivity index (χ0n) is 27.3. The van der Waals surface area contributed by atoms with E-state index in [1.165, 1.54) is 51.4 Å². The summed E-state index contributed by atoms with van der Waals surface area (Å²) in [5, 5.41) is 0. The molecule has 1 atom stereocenters. The van der Waals surface area contributed by atoms with Gasteiger partial charge in [0.15, 0.2) is 6.29 Å². The number of ether oxygens (including phenoxy) is 11. The Labute approximate surface area is 261 Å². The van der Waals surface area contributed by atoms with E-state index in [9.17, 15) is 0 Å². The van der Waals surface area contributed by atoms with Gasteiger partial charge in [0, 0.05) is 26.9 Å². The molecule has 1 aliphatic heterocycles. The third kappa shape index (κ3) is 32.8. The highest BCUT2D eigenvalue weighted by atomic mass is 16.7. The van der Waals surface area contributed by atoms with E-state index in [4.69, 9.17) is 52.1 Å². The maximum absolute atomic E-state index is 5.78. The van der Waals surface area contributed by atoms with Crippen molar-refractivity contribution in [3.63, 3.8) is 0 Å². The lowest BCUT2D eigenvalue weighted by Crippen LogP contribution is -2.22. The van der Waals surface area contributed by atoms with Gasteiger partial charge in [0.25, 0.3) is 0 Å². The molecule has 11 nitrogen and oxygen atoms in total. The molecule has 0 N–H and O–H groups in total. The van der Waals surface area contributed by atoms with Gasteiger partial charge in [-0.25, -0.2) is 0 Å². The maximum atomic E-state index is 5.78. The van der Waals surface area contributed by atoms with Crippen LogP contribution in [-0.4, -0.2) is 139 Å². The molecule has 0 spiro atoms. The van der Waals surface area contributed by atoms with E-state index < -0.39 is 0 Å². The monoisotopic (exact) mass is 624 g/mol. The standard InChI is InChI=1S/C32H64O11/c1-33-16-17-35-20-21-37-24-25-39-28-29-41-31-30-40-27-26-38-23-22-36-19-18-34-13-9-6-4-2-3-5-7-10-14-42-32-12-8-11-15-43-32/h32H,2-31H2,1H3. The van der Waals surface area contributed by atoms with Crippen molar-refractivity contribution in [3.8, 4) is 0 Å². The Balaban J connectivity index is 1.60. The van der Waals surface area contributed by atoms with Crippen molar-refractivity contribution in [2.75, 3.05) is 133 Å². The molecular weight excluding hydrogens is 560 g/mol. The molecule has 1 rings (SSSR count). The normalized spacial score (nSPS) is 15.4. The van der Waals surface area contributed by atoms with Gasteiger partial charge in [-0.05, 0) is 32.1 Å². The molecule has 1 heterocycles. The minimum absolute atomic E-state index is 0.0587. The first-order chi connectivity index (χ1) is 21.4. The highest BCUT2D eigenvalue weighted by Crippen LogP contribution is 2.15. The van der Waals surface area contributed by atoms with E-state index in [2.05, 4.69) is 0 Å². The number of hydrogen-bond donors (Lipinski definition) is 0. The molecule has 0 aromatic carbocycles. The summed E-state index contributed by atoms with van der Waals surface area (Å²) in [5.74, 6) is 0. The van der Waals surface area contributed by atoms with Crippen LogP contribution < -0.4 is 0 Å². The summed E-state index contributed by atoms with van der Waals surface area (Å²) >= 11 is 0. The molecule has 258 valence electrons. The quantitative estimate of drug-likeness (QED) is 0.0926. The molecule has 0 aromatic rings.